The molecule has 0 saturated heterocycles. The van der Waals surface area contributed by atoms with Crippen LogP contribution in [0.2, 0.25) is 0 Å². The Hall–Kier alpha value is -2.62. The molecule has 3 rings (SSSR count). The molecule has 0 unspecified atom stereocenters. The fraction of sp³-hybridized carbons (Fsp3) is 0.0625. The summed E-state index contributed by atoms with van der Waals surface area (Å²) in [5.41, 5.74) is 1.56. The Labute approximate surface area is 116 Å². The van der Waals surface area contributed by atoms with Crippen molar-refractivity contribution in [3.8, 4) is 22.8 Å². The van der Waals surface area contributed by atoms with Gasteiger partial charge >= 0.3 is 0 Å². The van der Waals surface area contributed by atoms with Crippen LogP contribution in [0.3, 0.4) is 0 Å². The molecule has 0 aliphatic carbocycles. The highest BCUT2D eigenvalue weighted by Gasteiger charge is 2.08. The average Bonchev–Trinajstić information content (AvgIpc) is 2.47. The van der Waals surface area contributed by atoms with Crippen LogP contribution in [0, 0.1) is 12.7 Å². The first kappa shape index (κ1) is 12.4. The zero-order chi connectivity index (χ0) is 13.9. The van der Waals surface area contributed by atoms with Gasteiger partial charge < -0.3 is 0 Å². The second-order valence-corrected chi connectivity index (χ2v) is 4.41. The third-order valence-corrected chi connectivity index (χ3v) is 2.86. The fourth-order valence-corrected chi connectivity index (χ4v) is 1.95. The van der Waals surface area contributed by atoms with E-state index < -0.39 is 0 Å². The first-order chi connectivity index (χ1) is 9.72. The number of aryl methyl sites for hydroxylation is 1. The highest BCUT2D eigenvalue weighted by atomic mass is 19.1. The van der Waals surface area contributed by atoms with E-state index in [2.05, 4.69) is 15.0 Å². The van der Waals surface area contributed by atoms with E-state index in [9.17, 15) is 4.39 Å². The van der Waals surface area contributed by atoms with Crippen molar-refractivity contribution >= 4 is 0 Å². The summed E-state index contributed by atoms with van der Waals surface area (Å²) in [6.07, 6.45) is 0. The Morgan fingerprint density at radius 1 is 0.750 bits per heavy atom. The van der Waals surface area contributed by atoms with Gasteiger partial charge in [0.2, 0.25) is 0 Å². The third kappa shape index (κ3) is 2.54. The van der Waals surface area contributed by atoms with Crippen molar-refractivity contribution < 1.29 is 4.39 Å². The highest BCUT2D eigenvalue weighted by molar-refractivity contribution is 5.60. The molecule has 0 N–H and O–H groups in total. The molecule has 20 heavy (non-hydrogen) atoms. The molecule has 3 nitrogen and oxygen atoms in total. The van der Waals surface area contributed by atoms with Gasteiger partial charge in [-0.15, -0.1) is 0 Å². The minimum atomic E-state index is -0.304. The van der Waals surface area contributed by atoms with Crippen molar-refractivity contribution in [2.75, 3.05) is 0 Å². The molecule has 0 amide bonds. The summed E-state index contributed by atoms with van der Waals surface area (Å²) in [5, 5.41) is 0. The maximum atomic E-state index is 13.3. The third-order valence-electron chi connectivity index (χ3n) is 2.86. The minimum Gasteiger partial charge on any atom is -0.213 e. The molecule has 0 atom stereocenters. The summed E-state index contributed by atoms with van der Waals surface area (Å²) < 4.78 is 13.3. The Kier molecular flexibility index (Phi) is 3.21. The van der Waals surface area contributed by atoms with Gasteiger partial charge in [-0.3, -0.25) is 0 Å². The lowest BCUT2D eigenvalue weighted by Gasteiger charge is -2.05. The summed E-state index contributed by atoms with van der Waals surface area (Å²) in [6.45, 7) is 1.80. The van der Waals surface area contributed by atoms with Crippen LogP contribution in [-0.4, -0.2) is 15.0 Å². The number of nitrogens with zero attached hydrogens (tertiary/aromatic N) is 3. The molecule has 0 fully saturated rings. The van der Waals surface area contributed by atoms with Gasteiger partial charge in [-0.05, 0) is 19.1 Å². The summed E-state index contributed by atoms with van der Waals surface area (Å²) in [4.78, 5) is 13.0. The van der Waals surface area contributed by atoms with Crippen LogP contribution >= 0.6 is 0 Å². The van der Waals surface area contributed by atoms with Gasteiger partial charge in [0, 0.05) is 11.1 Å². The molecule has 0 saturated carbocycles. The summed E-state index contributed by atoms with van der Waals surface area (Å²) in [7, 11) is 0. The van der Waals surface area contributed by atoms with E-state index in [1.54, 1.807) is 19.1 Å². The molecule has 0 radical (unpaired) electrons. The van der Waals surface area contributed by atoms with E-state index in [-0.39, 0.29) is 5.82 Å². The van der Waals surface area contributed by atoms with E-state index in [1.165, 1.54) is 12.1 Å². The van der Waals surface area contributed by atoms with Gasteiger partial charge in [0.25, 0.3) is 0 Å². The first-order valence-corrected chi connectivity index (χ1v) is 6.26. The monoisotopic (exact) mass is 265 g/mol. The molecule has 2 aromatic carbocycles. The molecule has 0 spiro atoms. The van der Waals surface area contributed by atoms with E-state index in [0.29, 0.717) is 23.0 Å². The maximum Gasteiger partial charge on any atom is 0.163 e. The Morgan fingerprint density at radius 2 is 1.40 bits per heavy atom. The maximum absolute atomic E-state index is 13.3. The van der Waals surface area contributed by atoms with Crippen molar-refractivity contribution in [1.82, 2.24) is 15.0 Å². The molecular weight excluding hydrogens is 253 g/mol. The number of rotatable bonds is 2. The van der Waals surface area contributed by atoms with E-state index in [4.69, 9.17) is 0 Å². The fourth-order valence-electron chi connectivity index (χ4n) is 1.95. The van der Waals surface area contributed by atoms with E-state index >= 15 is 0 Å². The van der Waals surface area contributed by atoms with Gasteiger partial charge in [0.15, 0.2) is 11.6 Å². The van der Waals surface area contributed by atoms with E-state index in [0.717, 1.165) is 5.56 Å². The van der Waals surface area contributed by atoms with Gasteiger partial charge in [-0.1, -0.05) is 42.5 Å². The smallest absolute Gasteiger partial charge is 0.163 e. The molecular formula is C16H12FN3. The predicted molar refractivity (Wildman–Crippen MR) is 75.4 cm³/mol. The SMILES string of the molecule is Cc1nc(-c2ccccc2)nc(-c2cccc(F)c2)n1. The largest absolute Gasteiger partial charge is 0.213 e. The van der Waals surface area contributed by atoms with Crippen molar-refractivity contribution in [3.05, 3.63) is 66.2 Å². The quantitative estimate of drug-likeness (QED) is 0.710. The molecule has 3 aromatic rings. The zero-order valence-corrected chi connectivity index (χ0v) is 10.9. The lowest BCUT2D eigenvalue weighted by atomic mass is 10.2. The van der Waals surface area contributed by atoms with Gasteiger partial charge in [0.1, 0.15) is 11.6 Å². The molecule has 0 aliphatic heterocycles. The summed E-state index contributed by atoms with van der Waals surface area (Å²) >= 11 is 0. The summed E-state index contributed by atoms with van der Waals surface area (Å²) in [5.74, 6) is 1.38. The molecule has 4 heteroatoms. The molecule has 1 aromatic heterocycles. The molecule has 0 aliphatic rings. The molecule has 0 bridgehead atoms. The molecule has 98 valence electrons. The zero-order valence-electron chi connectivity index (χ0n) is 10.9. The second kappa shape index (κ2) is 5.17. The Morgan fingerprint density at radius 3 is 2.10 bits per heavy atom. The topological polar surface area (TPSA) is 38.7 Å². The van der Waals surface area contributed by atoms with Crippen molar-refractivity contribution in [1.29, 1.82) is 0 Å². The molecule has 1 heterocycles. The van der Waals surface area contributed by atoms with E-state index in [1.807, 2.05) is 30.3 Å². The standard InChI is InChI=1S/C16H12FN3/c1-11-18-15(12-6-3-2-4-7-12)20-16(19-11)13-8-5-9-14(17)10-13/h2-10H,1H3. The predicted octanol–water partition coefficient (Wildman–Crippen LogP) is 3.65. The number of benzene rings is 2. The van der Waals surface area contributed by atoms with Crippen LogP contribution in [-0.2, 0) is 0 Å². The minimum absolute atomic E-state index is 0.304. The van der Waals surface area contributed by atoms with Crippen LogP contribution in [0.25, 0.3) is 22.8 Å². The van der Waals surface area contributed by atoms with Crippen molar-refractivity contribution in [2.24, 2.45) is 0 Å². The lowest BCUT2D eigenvalue weighted by Crippen LogP contribution is -1.99. The normalized spacial score (nSPS) is 10.5. The number of halogens is 1. The van der Waals surface area contributed by atoms with Crippen LogP contribution in [0.4, 0.5) is 4.39 Å². The van der Waals surface area contributed by atoms with Crippen LogP contribution in [0.1, 0.15) is 5.82 Å². The van der Waals surface area contributed by atoms with Crippen LogP contribution in [0.5, 0.6) is 0 Å². The van der Waals surface area contributed by atoms with Crippen molar-refractivity contribution in [2.45, 2.75) is 6.92 Å². The lowest BCUT2D eigenvalue weighted by molar-refractivity contribution is 0.628. The second-order valence-electron chi connectivity index (χ2n) is 4.41. The van der Waals surface area contributed by atoms with Gasteiger partial charge in [0.05, 0.1) is 0 Å². The number of aromatic nitrogens is 3. The number of hydrogen-bond acceptors (Lipinski definition) is 3. The average molecular weight is 265 g/mol. The summed E-state index contributed by atoms with van der Waals surface area (Å²) in [6, 6.07) is 15.9. The van der Waals surface area contributed by atoms with Crippen LogP contribution in [0.15, 0.2) is 54.6 Å². The van der Waals surface area contributed by atoms with Gasteiger partial charge in [-0.2, -0.15) is 0 Å². The Balaban J connectivity index is 2.12. The van der Waals surface area contributed by atoms with Gasteiger partial charge in [-0.25, -0.2) is 19.3 Å². The highest BCUT2D eigenvalue weighted by Crippen LogP contribution is 2.20. The van der Waals surface area contributed by atoms with Crippen LogP contribution < -0.4 is 0 Å². The Bertz CT molecular complexity index is 742. The number of hydrogen-bond donors (Lipinski definition) is 0. The van der Waals surface area contributed by atoms with Crippen molar-refractivity contribution in [3.63, 3.8) is 0 Å². The first-order valence-electron chi connectivity index (χ1n) is 6.26.